The van der Waals surface area contributed by atoms with Crippen LogP contribution in [0.3, 0.4) is 0 Å². The van der Waals surface area contributed by atoms with E-state index in [4.69, 9.17) is 5.14 Å². The van der Waals surface area contributed by atoms with Gasteiger partial charge in [0.25, 0.3) is 0 Å². The van der Waals surface area contributed by atoms with Gasteiger partial charge in [0, 0.05) is 4.47 Å². The van der Waals surface area contributed by atoms with E-state index in [2.05, 4.69) is 15.9 Å². The third-order valence-electron chi connectivity index (χ3n) is 3.22. The van der Waals surface area contributed by atoms with Crippen molar-refractivity contribution < 1.29 is 8.42 Å². The van der Waals surface area contributed by atoms with Crippen molar-refractivity contribution in [3.63, 3.8) is 0 Å². The maximum atomic E-state index is 11.6. The second-order valence-electron chi connectivity index (χ2n) is 4.22. The Labute approximate surface area is 108 Å². The van der Waals surface area contributed by atoms with Gasteiger partial charge >= 0.3 is 0 Å². The zero-order chi connectivity index (χ0) is 12.2. The molecule has 0 unspecified atom stereocenters. The Hall–Kier alpha value is -0.910. The van der Waals surface area contributed by atoms with E-state index >= 15 is 0 Å². The summed E-state index contributed by atoms with van der Waals surface area (Å²) < 4.78 is 24.0. The van der Waals surface area contributed by atoms with Gasteiger partial charge in [0.1, 0.15) is 0 Å². The van der Waals surface area contributed by atoms with Crippen LogP contribution in [0.5, 0.6) is 0 Å². The first-order chi connectivity index (χ1) is 7.98. The standard InChI is InChI=1S/C12H10BrNO2S/c13-10-6-11(17(14,15)16)9-5-4-7-2-1-3-8(10)12(7)9/h1-3,6H,4-5H2,(H2,14,15,16). The summed E-state index contributed by atoms with van der Waals surface area (Å²) in [6, 6.07) is 7.64. The summed E-state index contributed by atoms with van der Waals surface area (Å²) in [5, 5.41) is 7.37. The predicted molar refractivity (Wildman–Crippen MR) is 70.4 cm³/mol. The van der Waals surface area contributed by atoms with Gasteiger partial charge in [-0.2, -0.15) is 0 Å². The van der Waals surface area contributed by atoms with Gasteiger partial charge in [-0.05, 0) is 40.8 Å². The van der Waals surface area contributed by atoms with Crippen LogP contribution in [-0.4, -0.2) is 8.42 Å². The average molecular weight is 312 g/mol. The van der Waals surface area contributed by atoms with Crippen molar-refractivity contribution in [3.8, 4) is 0 Å². The van der Waals surface area contributed by atoms with Crippen LogP contribution in [0.25, 0.3) is 10.8 Å². The number of benzene rings is 2. The summed E-state index contributed by atoms with van der Waals surface area (Å²) in [4.78, 5) is 0.252. The van der Waals surface area contributed by atoms with Crippen LogP contribution < -0.4 is 5.14 Å². The number of aryl methyl sites for hydroxylation is 2. The molecule has 0 aromatic heterocycles. The number of nitrogens with two attached hydrogens (primary N) is 1. The molecule has 0 spiro atoms. The van der Waals surface area contributed by atoms with Gasteiger partial charge in [0.05, 0.1) is 4.90 Å². The molecular weight excluding hydrogens is 302 g/mol. The van der Waals surface area contributed by atoms with Crippen molar-refractivity contribution in [2.45, 2.75) is 17.7 Å². The normalized spacial score (nSPS) is 14.5. The molecule has 3 nitrogen and oxygen atoms in total. The smallest absolute Gasteiger partial charge is 0.225 e. The molecular formula is C12H10BrNO2S. The second kappa shape index (κ2) is 3.54. The molecule has 0 aliphatic heterocycles. The molecule has 0 heterocycles. The van der Waals surface area contributed by atoms with E-state index in [9.17, 15) is 8.42 Å². The quantitative estimate of drug-likeness (QED) is 0.878. The molecule has 88 valence electrons. The molecule has 0 bridgehead atoms. The summed E-state index contributed by atoms with van der Waals surface area (Å²) in [5.74, 6) is 0. The first-order valence-electron chi connectivity index (χ1n) is 5.24. The SMILES string of the molecule is NS(=O)(=O)c1cc(Br)c2cccc3c2c1CC3. The highest BCUT2D eigenvalue weighted by Gasteiger charge is 2.24. The van der Waals surface area contributed by atoms with E-state index in [1.807, 2.05) is 18.2 Å². The minimum Gasteiger partial charge on any atom is -0.225 e. The molecule has 0 saturated heterocycles. The lowest BCUT2D eigenvalue weighted by atomic mass is 10.1. The summed E-state index contributed by atoms with van der Waals surface area (Å²) in [6.07, 6.45) is 1.63. The van der Waals surface area contributed by atoms with Gasteiger partial charge in [0.15, 0.2) is 0 Å². The van der Waals surface area contributed by atoms with Gasteiger partial charge in [-0.3, -0.25) is 0 Å². The number of sulfonamides is 1. The van der Waals surface area contributed by atoms with Crippen LogP contribution >= 0.6 is 15.9 Å². The molecule has 5 heteroatoms. The second-order valence-corrected chi connectivity index (χ2v) is 6.60. The highest BCUT2D eigenvalue weighted by molar-refractivity contribution is 9.10. The lowest BCUT2D eigenvalue weighted by molar-refractivity contribution is 0.597. The first kappa shape index (κ1) is 11.2. The van der Waals surface area contributed by atoms with Gasteiger partial charge in [-0.25, -0.2) is 13.6 Å². The minimum atomic E-state index is -3.66. The maximum absolute atomic E-state index is 11.6. The molecule has 0 amide bonds. The van der Waals surface area contributed by atoms with E-state index in [1.165, 1.54) is 5.56 Å². The molecule has 3 rings (SSSR count). The van der Waals surface area contributed by atoms with Crippen LogP contribution in [0.1, 0.15) is 11.1 Å². The lowest BCUT2D eigenvalue weighted by Gasteiger charge is -2.09. The molecule has 0 atom stereocenters. The van der Waals surface area contributed by atoms with Crippen LogP contribution in [0.15, 0.2) is 33.6 Å². The van der Waals surface area contributed by atoms with Crippen LogP contribution in [0.4, 0.5) is 0 Å². The van der Waals surface area contributed by atoms with Crippen molar-refractivity contribution in [3.05, 3.63) is 39.9 Å². The Bertz CT molecular complexity index is 738. The van der Waals surface area contributed by atoms with Crippen LogP contribution in [-0.2, 0) is 22.9 Å². The van der Waals surface area contributed by atoms with Crippen molar-refractivity contribution in [1.29, 1.82) is 0 Å². The Morgan fingerprint density at radius 3 is 2.71 bits per heavy atom. The van der Waals surface area contributed by atoms with Crippen LogP contribution in [0.2, 0.25) is 0 Å². The highest BCUT2D eigenvalue weighted by Crippen LogP contribution is 2.38. The molecule has 2 N–H and O–H groups in total. The number of hydrogen-bond donors (Lipinski definition) is 1. The van der Waals surface area contributed by atoms with Gasteiger partial charge < -0.3 is 0 Å². The van der Waals surface area contributed by atoms with Crippen LogP contribution in [0, 0.1) is 0 Å². The molecule has 2 aromatic rings. The summed E-state index contributed by atoms with van der Waals surface area (Å²) in [6.45, 7) is 0. The Kier molecular flexibility index (Phi) is 2.33. The molecule has 17 heavy (non-hydrogen) atoms. The average Bonchev–Trinajstić information content (AvgIpc) is 2.67. The largest absolute Gasteiger partial charge is 0.238 e. The van der Waals surface area contributed by atoms with E-state index in [0.717, 1.165) is 33.7 Å². The number of halogens is 1. The maximum Gasteiger partial charge on any atom is 0.238 e. The molecule has 0 radical (unpaired) electrons. The Balaban J connectivity index is 2.54. The Morgan fingerprint density at radius 1 is 1.24 bits per heavy atom. The van der Waals surface area contributed by atoms with E-state index in [1.54, 1.807) is 6.07 Å². The molecule has 1 aliphatic carbocycles. The molecule has 0 fully saturated rings. The molecule has 0 saturated carbocycles. The summed E-state index contributed by atoms with van der Waals surface area (Å²) in [5.41, 5.74) is 2.06. The highest BCUT2D eigenvalue weighted by atomic mass is 79.9. The van der Waals surface area contributed by atoms with Gasteiger partial charge in [-0.15, -0.1) is 0 Å². The van der Waals surface area contributed by atoms with Crippen molar-refractivity contribution >= 4 is 36.7 Å². The van der Waals surface area contributed by atoms with Crippen molar-refractivity contribution in [2.75, 3.05) is 0 Å². The summed E-state index contributed by atoms with van der Waals surface area (Å²) >= 11 is 3.42. The fraction of sp³-hybridized carbons (Fsp3) is 0.167. The topological polar surface area (TPSA) is 60.2 Å². The van der Waals surface area contributed by atoms with Gasteiger partial charge in [-0.1, -0.05) is 34.1 Å². The van der Waals surface area contributed by atoms with E-state index < -0.39 is 10.0 Å². The minimum absolute atomic E-state index is 0.252. The number of primary sulfonamides is 1. The zero-order valence-corrected chi connectivity index (χ0v) is 11.3. The van der Waals surface area contributed by atoms with Crippen molar-refractivity contribution in [2.24, 2.45) is 5.14 Å². The lowest BCUT2D eigenvalue weighted by Crippen LogP contribution is -2.14. The third kappa shape index (κ3) is 1.61. The fourth-order valence-corrected chi connectivity index (χ4v) is 4.07. The molecule has 2 aromatic carbocycles. The fourth-order valence-electron chi connectivity index (χ4n) is 2.53. The van der Waals surface area contributed by atoms with E-state index in [-0.39, 0.29) is 4.90 Å². The number of hydrogen-bond acceptors (Lipinski definition) is 2. The monoisotopic (exact) mass is 311 g/mol. The molecule has 1 aliphatic rings. The Morgan fingerprint density at radius 2 is 2.00 bits per heavy atom. The number of rotatable bonds is 1. The zero-order valence-electron chi connectivity index (χ0n) is 8.90. The van der Waals surface area contributed by atoms with Gasteiger partial charge in [0.2, 0.25) is 10.0 Å². The summed E-state index contributed by atoms with van der Waals surface area (Å²) in [7, 11) is -3.66. The van der Waals surface area contributed by atoms with E-state index in [0.29, 0.717) is 0 Å². The first-order valence-corrected chi connectivity index (χ1v) is 7.58. The van der Waals surface area contributed by atoms with Crippen molar-refractivity contribution in [1.82, 2.24) is 0 Å². The predicted octanol–water partition coefficient (Wildman–Crippen LogP) is 2.35. The third-order valence-corrected chi connectivity index (χ3v) is 4.85.